The minimum atomic E-state index is 0.0329. The van der Waals surface area contributed by atoms with Crippen molar-refractivity contribution in [2.45, 2.75) is 30.5 Å². The molecule has 2 aromatic carbocycles. The molecule has 0 spiro atoms. The molecule has 2 heterocycles. The molecule has 6 nitrogen and oxygen atoms in total. The molecule has 1 fully saturated rings. The maximum absolute atomic E-state index is 12.7. The average Bonchev–Trinajstić information content (AvgIpc) is 3.32. The van der Waals surface area contributed by atoms with Gasteiger partial charge in [-0.1, -0.05) is 42.1 Å². The normalized spacial score (nSPS) is 15.0. The first-order valence-electron chi connectivity index (χ1n) is 9.30. The molecular formula is C21H19N3O3S. The number of nitrogens with zero attached hydrogens (tertiary/aromatic N) is 3. The summed E-state index contributed by atoms with van der Waals surface area (Å²) in [4.78, 5) is 12.7. The maximum Gasteiger partial charge on any atom is 0.231 e. The van der Waals surface area contributed by atoms with E-state index in [1.165, 1.54) is 17.3 Å². The smallest absolute Gasteiger partial charge is 0.231 e. The summed E-state index contributed by atoms with van der Waals surface area (Å²) in [7, 11) is 0. The minimum Gasteiger partial charge on any atom is -0.454 e. The van der Waals surface area contributed by atoms with Crippen LogP contribution in [0.4, 0.5) is 0 Å². The molecule has 1 saturated carbocycles. The van der Waals surface area contributed by atoms with E-state index < -0.39 is 0 Å². The largest absolute Gasteiger partial charge is 0.454 e. The first kappa shape index (κ1) is 17.3. The van der Waals surface area contributed by atoms with Crippen LogP contribution in [0.1, 0.15) is 40.5 Å². The highest BCUT2D eigenvalue weighted by molar-refractivity contribution is 7.99. The SMILES string of the molecule is O=C(CSc1nnc(C2CC2)n1Cc1ccccc1)c1ccc2c(c1)OCO2. The van der Waals surface area contributed by atoms with Crippen LogP contribution >= 0.6 is 11.8 Å². The fraction of sp³-hybridized carbons (Fsp3) is 0.286. The predicted octanol–water partition coefficient (Wildman–Crippen LogP) is 3.91. The Balaban J connectivity index is 1.33. The summed E-state index contributed by atoms with van der Waals surface area (Å²) in [6.45, 7) is 0.925. The molecule has 142 valence electrons. The lowest BCUT2D eigenvalue weighted by Crippen LogP contribution is -2.08. The number of thioether (sulfide) groups is 1. The third-order valence-electron chi connectivity index (χ3n) is 4.90. The number of hydrogen-bond donors (Lipinski definition) is 0. The van der Waals surface area contributed by atoms with E-state index in [2.05, 4.69) is 26.9 Å². The van der Waals surface area contributed by atoms with Crippen LogP contribution in [0.3, 0.4) is 0 Å². The quantitative estimate of drug-likeness (QED) is 0.448. The van der Waals surface area contributed by atoms with Crippen LogP contribution in [-0.2, 0) is 6.54 Å². The van der Waals surface area contributed by atoms with Crippen molar-refractivity contribution in [2.24, 2.45) is 0 Å². The molecule has 1 aromatic heterocycles. The van der Waals surface area contributed by atoms with E-state index in [1.54, 1.807) is 18.2 Å². The molecule has 2 aliphatic rings. The maximum atomic E-state index is 12.7. The molecule has 0 unspecified atom stereocenters. The van der Waals surface area contributed by atoms with Crippen molar-refractivity contribution in [3.8, 4) is 11.5 Å². The lowest BCUT2D eigenvalue weighted by Gasteiger charge is -2.10. The van der Waals surface area contributed by atoms with Gasteiger partial charge < -0.3 is 14.0 Å². The Bertz CT molecular complexity index is 1010. The third-order valence-corrected chi connectivity index (χ3v) is 5.87. The number of fused-ring (bicyclic) bond motifs is 1. The molecule has 3 aromatic rings. The van der Waals surface area contributed by atoms with E-state index >= 15 is 0 Å². The standard InChI is InChI=1S/C21H19N3O3S/c25-17(16-8-9-18-19(10-16)27-13-26-18)12-28-21-23-22-20(15-6-7-15)24(21)11-14-4-2-1-3-5-14/h1-5,8-10,15H,6-7,11-13H2. The number of hydrogen-bond acceptors (Lipinski definition) is 6. The molecule has 0 saturated heterocycles. The summed E-state index contributed by atoms with van der Waals surface area (Å²) in [6, 6.07) is 15.6. The summed E-state index contributed by atoms with van der Waals surface area (Å²) in [6.07, 6.45) is 2.32. The topological polar surface area (TPSA) is 66.2 Å². The number of aromatic nitrogens is 3. The zero-order chi connectivity index (χ0) is 18.9. The van der Waals surface area contributed by atoms with Crippen LogP contribution in [0.15, 0.2) is 53.7 Å². The molecular weight excluding hydrogens is 374 g/mol. The summed E-state index contributed by atoms with van der Waals surface area (Å²) < 4.78 is 12.8. The molecule has 5 rings (SSSR count). The molecule has 0 bridgehead atoms. The molecule has 7 heteroatoms. The number of carbonyl (C=O) groups is 1. The Morgan fingerprint density at radius 1 is 1.07 bits per heavy atom. The highest BCUT2D eigenvalue weighted by atomic mass is 32.2. The van der Waals surface area contributed by atoms with Gasteiger partial charge in [-0.2, -0.15) is 0 Å². The highest BCUT2D eigenvalue weighted by Gasteiger charge is 2.30. The molecule has 0 N–H and O–H groups in total. The summed E-state index contributed by atoms with van der Waals surface area (Å²) in [5, 5.41) is 9.58. The Morgan fingerprint density at radius 2 is 1.89 bits per heavy atom. The van der Waals surface area contributed by atoms with E-state index in [9.17, 15) is 4.79 Å². The molecule has 1 aliphatic carbocycles. The Hall–Kier alpha value is -2.80. The minimum absolute atomic E-state index is 0.0329. The number of rotatable bonds is 7. The van der Waals surface area contributed by atoms with Crippen molar-refractivity contribution < 1.29 is 14.3 Å². The van der Waals surface area contributed by atoms with Gasteiger partial charge in [0.2, 0.25) is 6.79 Å². The van der Waals surface area contributed by atoms with Crippen molar-refractivity contribution >= 4 is 17.5 Å². The zero-order valence-corrected chi connectivity index (χ0v) is 16.0. The van der Waals surface area contributed by atoms with Crippen molar-refractivity contribution in [3.05, 3.63) is 65.5 Å². The highest BCUT2D eigenvalue weighted by Crippen LogP contribution is 2.40. The van der Waals surface area contributed by atoms with E-state index in [-0.39, 0.29) is 12.6 Å². The lowest BCUT2D eigenvalue weighted by molar-refractivity contribution is 0.102. The van der Waals surface area contributed by atoms with Gasteiger partial charge in [-0.15, -0.1) is 10.2 Å². The van der Waals surface area contributed by atoms with Gasteiger partial charge in [0.15, 0.2) is 22.4 Å². The lowest BCUT2D eigenvalue weighted by atomic mass is 10.1. The average molecular weight is 393 g/mol. The van der Waals surface area contributed by atoms with Crippen molar-refractivity contribution in [3.63, 3.8) is 0 Å². The van der Waals surface area contributed by atoms with Gasteiger partial charge in [0.05, 0.1) is 12.3 Å². The second kappa shape index (κ2) is 7.31. The van der Waals surface area contributed by atoms with E-state index in [4.69, 9.17) is 9.47 Å². The molecule has 0 radical (unpaired) electrons. The first-order valence-corrected chi connectivity index (χ1v) is 10.3. The van der Waals surface area contributed by atoms with Crippen LogP contribution in [-0.4, -0.2) is 33.1 Å². The van der Waals surface area contributed by atoms with Crippen molar-refractivity contribution in [2.75, 3.05) is 12.5 Å². The second-order valence-electron chi connectivity index (χ2n) is 6.97. The van der Waals surface area contributed by atoms with E-state index in [0.717, 1.165) is 30.4 Å². The van der Waals surface area contributed by atoms with Crippen LogP contribution < -0.4 is 9.47 Å². The zero-order valence-electron chi connectivity index (χ0n) is 15.2. The monoisotopic (exact) mass is 393 g/mol. The predicted molar refractivity (Wildman–Crippen MR) is 105 cm³/mol. The molecule has 1 aliphatic heterocycles. The van der Waals surface area contributed by atoms with Crippen molar-refractivity contribution in [1.29, 1.82) is 0 Å². The van der Waals surface area contributed by atoms with Crippen LogP contribution in [0.5, 0.6) is 11.5 Å². The summed E-state index contributed by atoms with van der Waals surface area (Å²) >= 11 is 1.44. The van der Waals surface area contributed by atoms with E-state index in [1.807, 2.05) is 18.2 Å². The van der Waals surface area contributed by atoms with Crippen LogP contribution in [0, 0.1) is 0 Å². The second-order valence-corrected chi connectivity index (χ2v) is 7.91. The Kier molecular flexibility index (Phi) is 4.52. The number of benzene rings is 2. The van der Waals surface area contributed by atoms with Gasteiger partial charge in [0.1, 0.15) is 5.82 Å². The molecule has 28 heavy (non-hydrogen) atoms. The Morgan fingerprint density at radius 3 is 2.71 bits per heavy atom. The van der Waals surface area contributed by atoms with Gasteiger partial charge in [-0.25, -0.2) is 0 Å². The van der Waals surface area contributed by atoms with Gasteiger partial charge in [-0.05, 0) is 36.6 Å². The molecule has 0 atom stereocenters. The number of ketones is 1. The van der Waals surface area contributed by atoms with Gasteiger partial charge in [0, 0.05) is 11.5 Å². The van der Waals surface area contributed by atoms with E-state index in [0.29, 0.717) is 28.7 Å². The van der Waals surface area contributed by atoms with Crippen LogP contribution in [0.25, 0.3) is 0 Å². The number of ether oxygens (including phenoxy) is 2. The fourth-order valence-corrected chi connectivity index (χ4v) is 4.09. The third kappa shape index (κ3) is 3.49. The summed E-state index contributed by atoms with van der Waals surface area (Å²) in [5.41, 5.74) is 1.82. The van der Waals surface area contributed by atoms with Crippen molar-refractivity contribution in [1.82, 2.24) is 14.8 Å². The van der Waals surface area contributed by atoms with Gasteiger partial charge in [-0.3, -0.25) is 4.79 Å². The fourth-order valence-electron chi connectivity index (χ4n) is 3.25. The van der Waals surface area contributed by atoms with Gasteiger partial charge >= 0.3 is 0 Å². The Labute approximate surface area is 166 Å². The summed E-state index contributed by atoms with van der Waals surface area (Å²) in [5.74, 6) is 3.17. The van der Waals surface area contributed by atoms with Gasteiger partial charge in [0.25, 0.3) is 0 Å². The van der Waals surface area contributed by atoms with Crippen LogP contribution in [0.2, 0.25) is 0 Å². The first-order chi connectivity index (χ1) is 13.8. The number of Topliss-reactive ketones (excluding diaryl/α,β-unsaturated/α-hetero) is 1. The molecule has 0 amide bonds. The number of carbonyl (C=O) groups excluding carboxylic acids is 1.